The van der Waals surface area contributed by atoms with Crippen molar-refractivity contribution in [3.8, 4) is 11.5 Å². The minimum Gasteiger partial charge on any atom is -0.461 e. The molecule has 0 aromatic heterocycles. The van der Waals surface area contributed by atoms with Gasteiger partial charge >= 0.3 is 0 Å². The summed E-state index contributed by atoms with van der Waals surface area (Å²) in [4.78, 5) is 0. The molecule has 0 aliphatic carbocycles. The van der Waals surface area contributed by atoms with Crippen LogP contribution in [0.1, 0.15) is 33.4 Å². The van der Waals surface area contributed by atoms with E-state index >= 15 is 0 Å². The van der Waals surface area contributed by atoms with Gasteiger partial charge in [0.25, 0.3) is 0 Å². The Kier molecular flexibility index (Phi) is 4.91. The topological polar surface area (TPSA) is 36.9 Å². The van der Waals surface area contributed by atoms with Crippen LogP contribution in [0.2, 0.25) is 0 Å². The lowest BCUT2D eigenvalue weighted by atomic mass is 9.84. The molecule has 0 unspecified atom stereocenters. The van der Waals surface area contributed by atoms with Gasteiger partial charge in [0, 0.05) is 11.1 Å². The van der Waals surface area contributed by atoms with E-state index in [-0.39, 0.29) is 11.5 Å². The molecule has 0 fully saturated rings. The quantitative estimate of drug-likeness (QED) is 0.359. The van der Waals surface area contributed by atoms with Crippen molar-refractivity contribution < 1.29 is 27.7 Å². The second kappa shape index (κ2) is 8.29. The number of fused-ring (bicyclic) bond motifs is 4. The van der Waals surface area contributed by atoms with Gasteiger partial charge in [-0.15, -0.1) is 0 Å². The first-order valence-electron chi connectivity index (χ1n) is 11.7. The fourth-order valence-corrected chi connectivity index (χ4v) is 5.34. The Morgan fingerprint density at radius 1 is 0.556 bits per heavy atom. The van der Waals surface area contributed by atoms with Crippen LogP contribution in [-0.2, 0) is 22.7 Å². The lowest BCUT2D eigenvalue weighted by Gasteiger charge is -2.29. The molecule has 7 rings (SSSR count). The average molecular weight is 482 g/mol. The molecular weight excluding hydrogens is 462 g/mol. The van der Waals surface area contributed by atoms with Crippen molar-refractivity contribution >= 4 is 22.3 Å². The normalized spacial score (nSPS) is 21.6. The van der Waals surface area contributed by atoms with Gasteiger partial charge in [-0.05, 0) is 81.0 Å². The summed E-state index contributed by atoms with van der Waals surface area (Å²) in [6.07, 6.45) is 6.74. The van der Waals surface area contributed by atoms with Gasteiger partial charge in [-0.3, -0.25) is 0 Å². The molecule has 0 radical (unpaired) electrons. The lowest BCUT2D eigenvalue weighted by molar-refractivity contribution is 0.142. The Morgan fingerprint density at radius 2 is 1.03 bits per heavy atom. The minimum absolute atomic E-state index is 0.222. The molecule has 0 bridgehead atoms. The number of benzene rings is 3. The maximum Gasteiger partial charge on any atom is 0.169 e. The molecule has 4 nitrogen and oxygen atoms in total. The van der Waals surface area contributed by atoms with E-state index in [1.54, 1.807) is 12.1 Å². The molecule has 3 aromatic rings. The standard InChI is InChI=1S/C30H20F2O4/c31-27-5-1-3-21-19(7-9-35-29(21)27)25-15-33-13-17-12-24-18(11-23(17)25)14-34-16-26(24)20-8-10-36-30-22(20)4-2-6-28(30)32/h1-12H,13-16H2/b25-19+,26-20+. The zero-order valence-electron chi connectivity index (χ0n) is 19.1. The van der Waals surface area contributed by atoms with Crippen molar-refractivity contribution in [2.24, 2.45) is 0 Å². The predicted molar refractivity (Wildman–Crippen MR) is 132 cm³/mol. The highest BCUT2D eigenvalue weighted by molar-refractivity contribution is 6.01. The highest BCUT2D eigenvalue weighted by Gasteiger charge is 2.28. The summed E-state index contributed by atoms with van der Waals surface area (Å²) in [5.41, 5.74) is 9.30. The Balaban J connectivity index is 1.41. The zero-order chi connectivity index (χ0) is 24.2. The van der Waals surface area contributed by atoms with E-state index in [1.165, 1.54) is 24.7 Å². The smallest absolute Gasteiger partial charge is 0.169 e. The number of rotatable bonds is 0. The van der Waals surface area contributed by atoms with Crippen LogP contribution >= 0.6 is 0 Å². The van der Waals surface area contributed by atoms with E-state index in [9.17, 15) is 8.78 Å². The molecule has 4 aliphatic heterocycles. The lowest BCUT2D eigenvalue weighted by Crippen LogP contribution is -2.17. The van der Waals surface area contributed by atoms with Crippen LogP contribution < -0.4 is 9.47 Å². The minimum atomic E-state index is -0.400. The molecular formula is C30H20F2O4. The molecule has 0 saturated heterocycles. The van der Waals surface area contributed by atoms with Gasteiger partial charge in [-0.25, -0.2) is 8.78 Å². The number of hydrogen-bond acceptors (Lipinski definition) is 4. The van der Waals surface area contributed by atoms with E-state index in [0.29, 0.717) is 37.6 Å². The molecule has 0 spiro atoms. The third-order valence-electron chi connectivity index (χ3n) is 6.99. The van der Waals surface area contributed by atoms with Crippen LogP contribution in [-0.4, -0.2) is 13.2 Å². The molecule has 3 aromatic carbocycles. The van der Waals surface area contributed by atoms with Crippen LogP contribution in [0.3, 0.4) is 0 Å². The van der Waals surface area contributed by atoms with E-state index in [1.807, 2.05) is 24.3 Å². The summed E-state index contributed by atoms with van der Waals surface area (Å²) in [5.74, 6) is -0.355. The second-order valence-electron chi connectivity index (χ2n) is 9.01. The fraction of sp³-hybridized carbons (Fsp3) is 0.133. The molecule has 178 valence electrons. The highest BCUT2D eigenvalue weighted by Crippen LogP contribution is 2.44. The third kappa shape index (κ3) is 3.26. The molecule has 4 aliphatic rings. The Bertz CT molecular complexity index is 1440. The summed E-state index contributed by atoms with van der Waals surface area (Å²) >= 11 is 0. The van der Waals surface area contributed by atoms with Gasteiger partial charge in [0.15, 0.2) is 23.1 Å². The molecule has 4 heterocycles. The van der Waals surface area contributed by atoms with Crippen molar-refractivity contribution in [1.82, 2.24) is 0 Å². The Morgan fingerprint density at radius 3 is 1.50 bits per heavy atom. The Hall–Kier alpha value is -4.00. The zero-order valence-corrected chi connectivity index (χ0v) is 19.1. The van der Waals surface area contributed by atoms with Gasteiger partial charge in [-0.2, -0.15) is 0 Å². The number of halogens is 2. The number of allylic oxidation sites excluding steroid dienone is 4. The molecule has 0 N–H and O–H groups in total. The molecule has 0 saturated carbocycles. The first-order chi connectivity index (χ1) is 17.7. The van der Waals surface area contributed by atoms with Gasteiger partial charge < -0.3 is 18.9 Å². The van der Waals surface area contributed by atoms with Crippen molar-refractivity contribution in [1.29, 1.82) is 0 Å². The van der Waals surface area contributed by atoms with Crippen molar-refractivity contribution in [2.75, 3.05) is 13.2 Å². The third-order valence-corrected chi connectivity index (χ3v) is 6.99. The van der Waals surface area contributed by atoms with Crippen molar-refractivity contribution in [3.05, 3.63) is 118 Å². The van der Waals surface area contributed by atoms with Gasteiger partial charge in [0.2, 0.25) is 0 Å². The molecule has 0 amide bonds. The van der Waals surface area contributed by atoms with Gasteiger partial charge in [0.05, 0.1) is 39.0 Å². The molecule has 0 atom stereocenters. The number of para-hydroxylation sites is 2. The average Bonchev–Trinajstić information content (AvgIpc) is 2.91. The summed E-state index contributed by atoms with van der Waals surface area (Å²) < 4.78 is 51.8. The number of ether oxygens (including phenoxy) is 4. The predicted octanol–water partition coefficient (Wildman–Crippen LogP) is 6.66. The second-order valence-corrected chi connectivity index (χ2v) is 9.01. The van der Waals surface area contributed by atoms with Crippen molar-refractivity contribution in [3.63, 3.8) is 0 Å². The fourth-order valence-electron chi connectivity index (χ4n) is 5.34. The van der Waals surface area contributed by atoms with E-state index in [4.69, 9.17) is 18.9 Å². The summed E-state index contributed by atoms with van der Waals surface area (Å²) in [7, 11) is 0. The van der Waals surface area contributed by atoms with E-state index in [2.05, 4.69) is 12.1 Å². The first-order valence-corrected chi connectivity index (χ1v) is 11.7. The van der Waals surface area contributed by atoms with Crippen LogP contribution in [0, 0.1) is 11.6 Å². The van der Waals surface area contributed by atoms with Gasteiger partial charge in [-0.1, -0.05) is 24.3 Å². The summed E-state index contributed by atoms with van der Waals surface area (Å²) in [5, 5.41) is 0. The van der Waals surface area contributed by atoms with Crippen LogP contribution in [0.25, 0.3) is 22.3 Å². The highest BCUT2D eigenvalue weighted by atomic mass is 19.1. The maximum atomic E-state index is 14.4. The largest absolute Gasteiger partial charge is 0.461 e. The molecule has 6 heteroatoms. The maximum absolute atomic E-state index is 14.4. The monoisotopic (exact) mass is 482 g/mol. The first kappa shape index (κ1) is 21.3. The van der Waals surface area contributed by atoms with Crippen LogP contribution in [0.5, 0.6) is 11.5 Å². The Labute approximate surface area is 206 Å². The van der Waals surface area contributed by atoms with E-state index < -0.39 is 11.6 Å². The van der Waals surface area contributed by atoms with E-state index in [0.717, 1.165) is 44.5 Å². The van der Waals surface area contributed by atoms with Crippen molar-refractivity contribution in [2.45, 2.75) is 13.2 Å². The summed E-state index contributed by atoms with van der Waals surface area (Å²) in [6, 6.07) is 14.2. The van der Waals surface area contributed by atoms with Gasteiger partial charge in [0.1, 0.15) is 0 Å². The SMILES string of the molecule is Fc1cccc2c1OC=C/C2=C1/COCc2cc3c(cc21)COC/C3=C1/C=COc2c(F)cccc21. The van der Waals surface area contributed by atoms with Crippen LogP contribution in [0.15, 0.2) is 73.2 Å². The summed E-state index contributed by atoms with van der Waals surface area (Å²) in [6.45, 7) is 1.73. The number of hydrogen-bond donors (Lipinski definition) is 0. The van der Waals surface area contributed by atoms with Crippen LogP contribution in [0.4, 0.5) is 8.78 Å². The molecule has 36 heavy (non-hydrogen) atoms.